The summed E-state index contributed by atoms with van der Waals surface area (Å²) in [5.41, 5.74) is 1.32. The van der Waals surface area contributed by atoms with Gasteiger partial charge >= 0.3 is 0 Å². The molecule has 2 nitrogen and oxygen atoms in total. The van der Waals surface area contributed by atoms with Crippen molar-refractivity contribution in [3.05, 3.63) is 34.9 Å². The second-order valence-corrected chi connectivity index (χ2v) is 5.36. The fraction of sp³-hybridized carbons (Fsp3) is 0.600. The number of hydrogen-bond acceptors (Lipinski definition) is 2. The molecule has 18 heavy (non-hydrogen) atoms. The summed E-state index contributed by atoms with van der Waals surface area (Å²) in [7, 11) is 0. The Hall–Kier alpha value is -0.570. The number of halogens is 1. The number of benzene rings is 1. The van der Waals surface area contributed by atoms with Crippen LogP contribution in [0.3, 0.4) is 0 Å². The van der Waals surface area contributed by atoms with Crippen LogP contribution in [-0.4, -0.2) is 25.8 Å². The fourth-order valence-corrected chi connectivity index (χ4v) is 2.31. The third kappa shape index (κ3) is 4.60. The first-order valence-electron chi connectivity index (χ1n) is 6.86. The fourth-order valence-electron chi connectivity index (χ4n) is 2.11. The Kier molecular flexibility index (Phi) is 5.48. The molecule has 1 aromatic rings. The van der Waals surface area contributed by atoms with Crippen LogP contribution in [0.5, 0.6) is 0 Å². The van der Waals surface area contributed by atoms with Gasteiger partial charge in [0.05, 0.1) is 0 Å². The van der Waals surface area contributed by atoms with Crippen LogP contribution in [0.25, 0.3) is 0 Å². The molecule has 1 unspecified atom stereocenters. The molecule has 0 spiro atoms. The first kappa shape index (κ1) is 13.9. The predicted molar refractivity (Wildman–Crippen MR) is 76.3 cm³/mol. The summed E-state index contributed by atoms with van der Waals surface area (Å²) in [6, 6.07) is 8.95. The molecule has 0 heterocycles. The minimum atomic E-state index is 0.496. The van der Waals surface area contributed by atoms with E-state index in [-0.39, 0.29) is 0 Å². The molecule has 0 aromatic heterocycles. The number of nitrogens with one attached hydrogen (secondary N) is 1. The van der Waals surface area contributed by atoms with Crippen molar-refractivity contribution < 1.29 is 4.74 Å². The Morgan fingerprint density at radius 2 is 2.28 bits per heavy atom. The summed E-state index contributed by atoms with van der Waals surface area (Å²) in [6.45, 7) is 4.67. The van der Waals surface area contributed by atoms with Gasteiger partial charge in [0.2, 0.25) is 0 Å². The third-order valence-corrected chi connectivity index (χ3v) is 3.60. The molecule has 1 aliphatic rings. The lowest BCUT2D eigenvalue weighted by molar-refractivity contribution is 0.139. The summed E-state index contributed by atoms with van der Waals surface area (Å²) in [4.78, 5) is 0. The largest absolute Gasteiger partial charge is 0.382 e. The minimum Gasteiger partial charge on any atom is -0.382 e. The highest BCUT2D eigenvalue weighted by atomic mass is 35.5. The summed E-state index contributed by atoms with van der Waals surface area (Å²) in [5.74, 6) is 0.496. The van der Waals surface area contributed by atoms with Crippen molar-refractivity contribution in [2.75, 3.05) is 19.8 Å². The topological polar surface area (TPSA) is 21.3 Å². The van der Waals surface area contributed by atoms with Crippen molar-refractivity contribution in [1.82, 2.24) is 5.32 Å². The van der Waals surface area contributed by atoms with Gasteiger partial charge in [-0.2, -0.15) is 0 Å². The van der Waals surface area contributed by atoms with E-state index in [2.05, 4.69) is 17.4 Å². The standard InChI is InChI=1S/C15H22ClNO/c1-2-18-9-8-13(11-17-15-6-7-15)12-4-3-5-14(16)10-12/h3-5,10,13,15,17H,2,6-9,11H2,1H3. The van der Waals surface area contributed by atoms with Gasteiger partial charge in [-0.3, -0.25) is 0 Å². The Morgan fingerprint density at radius 1 is 1.44 bits per heavy atom. The quantitative estimate of drug-likeness (QED) is 0.727. The van der Waals surface area contributed by atoms with Crippen molar-refractivity contribution >= 4 is 11.6 Å². The number of hydrogen-bond donors (Lipinski definition) is 1. The molecule has 1 fully saturated rings. The van der Waals surface area contributed by atoms with E-state index in [1.54, 1.807) is 0 Å². The molecule has 100 valence electrons. The molecular formula is C15H22ClNO. The summed E-state index contributed by atoms with van der Waals surface area (Å²) in [5, 5.41) is 4.42. The van der Waals surface area contributed by atoms with Crippen molar-refractivity contribution in [3.63, 3.8) is 0 Å². The van der Waals surface area contributed by atoms with Crippen molar-refractivity contribution in [3.8, 4) is 0 Å². The van der Waals surface area contributed by atoms with E-state index in [0.29, 0.717) is 5.92 Å². The van der Waals surface area contributed by atoms with E-state index in [9.17, 15) is 0 Å². The van der Waals surface area contributed by atoms with E-state index in [1.807, 2.05) is 19.1 Å². The summed E-state index contributed by atoms with van der Waals surface area (Å²) >= 11 is 6.07. The molecular weight excluding hydrogens is 246 g/mol. The average molecular weight is 268 g/mol. The van der Waals surface area contributed by atoms with Crippen LogP contribution in [0, 0.1) is 0 Å². The molecule has 1 saturated carbocycles. The van der Waals surface area contributed by atoms with Crippen molar-refractivity contribution in [1.29, 1.82) is 0 Å². The Morgan fingerprint density at radius 3 is 2.94 bits per heavy atom. The van der Waals surface area contributed by atoms with Crippen molar-refractivity contribution in [2.45, 2.75) is 38.1 Å². The number of rotatable bonds is 8. The summed E-state index contributed by atoms with van der Waals surface area (Å²) in [6.07, 6.45) is 3.70. The van der Waals surface area contributed by atoms with E-state index >= 15 is 0 Å². The second-order valence-electron chi connectivity index (χ2n) is 4.92. The van der Waals surface area contributed by atoms with Gasteiger partial charge in [-0.25, -0.2) is 0 Å². The van der Waals surface area contributed by atoms with Gasteiger partial charge in [0, 0.05) is 30.8 Å². The van der Waals surface area contributed by atoms with Crippen LogP contribution in [0.1, 0.15) is 37.7 Å². The van der Waals surface area contributed by atoms with Crippen LogP contribution in [0.4, 0.5) is 0 Å². The van der Waals surface area contributed by atoms with E-state index in [0.717, 1.165) is 37.2 Å². The molecule has 2 rings (SSSR count). The SMILES string of the molecule is CCOCCC(CNC1CC1)c1cccc(Cl)c1. The van der Waals surface area contributed by atoms with Gasteiger partial charge < -0.3 is 10.1 Å². The van der Waals surface area contributed by atoms with Crippen molar-refractivity contribution in [2.24, 2.45) is 0 Å². The van der Waals surface area contributed by atoms with Gasteiger partial charge in [-0.1, -0.05) is 23.7 Å². The highest BCUT2D eigenvalue weighted by Crippen LogP contribution is 2.25. The maximum atomic E-state index is 6.07. The first-order valence-corrected chi connectivity index (χ1v) is 7.24. The van der Waals surface area contributed by atoms with E-state index < -0.39 is 0 Å². The highest BCUT2D eigenvalue weighted by Gasteiger charge is 2.22. The number of ether oxygens (including phenoxy) is 1. The minimum absolute atomic E-state index is 0.496. The molecule has 0 saturated heterocycles. The summed E-state index contributed by atoms with van der Waals surface area (Å²) < 4.78 is 5.48. The molecule has 3 heteroatoms. The lowest BCUT2D eigenvalue weighted by Crippen LogP contribution is -2.24. The maximum Gasteiger partial charge on any atom is 0.0472 e. The van der Waals surface area contributed by atoms with Gasteiger partial charge in [0.15, 0.2) is 0 Å². The Bertz CT molecular complexity index is 365. The van der Waals surface area contributed by atoms with Gasteiger partial charge in [0.25, 0.3) is 0 Å². The van der Waals surface area contributed by atoms with Gasteiger partial charge in [0.1, 0.15) is 0 Å². The lowest BCUT2D eigenvalue weighted by atomic mass is 9.96. The normalized spacial score (nSPS) is 16.8. The molecule has 0 aliphatic heterocycles. The van der Waals surface area contributed by atoms with Crippen LogP contribution in [0.2, 0.25) is 5.02 Å². The molecule has 0 amide bonds. The molecule has 1 N–H and O–H groups in total. The third-order valence-electron chi connectivity index (χ3n) is 3.37. The van der Waals surface area contributed by atoms with Crippen LogP contribution < -0.4 is 5.32 Å². The zero-order valence-corrected chi connectivity index (χ0v) is 11.7. The highest BCUT2D eigenvalue weighted by molar-refractivity contribution is 6.30. The smallest absolute Gasteiger partial charge is 0.0472 e. The zero-order chi connectivity index (χ0) is 12.8. The average Bonchev–Trinajstić information content (AvgIpc) is 3.17. The zero-order valence-electron chi connectivity index (χ0n) is 11.0. The van der Waals surface area contributed by atoms with Crippen LogP contribution in [0.15, 0.2) is 24.3 Å². The Labute approximate surface area is 115 Å². The molecule has 1 aliphatic carbocycles. The molecule has 1 aromatic carbocycles. The van der Waals surface area contributed by atoms with Crippen LogP contribution >= 0.6 is 11.6 Å². The Balaban J connectivity index is 1.92. The monoisotopic (exact) mass is 267 g/mol. The van der Waals surface area contributed by atoms with Gasteiger partial charge in [-0.15, -0.1) is 0 Å². The van der Waals surface area contributed by atoms with Crippen LogP contribution in [-0.2, 0) is 4.74 Å². The lowest BCUT2D eigenvalue weighted by Gasteiger charge is -2.18. The first-order chi connectivity index (χ1) is 8.79. The van der Waals surface area contributed by atoms with E-state index in [1.165, 1.54) is 18.4 Å². The predicted octanol–water partition coefficient (Wildman–Crippen LogP) is 3.60. The molecule has 0 bridgehead atoms. The maximum absolute atomic E-state index is 6.07. The molecule has 1 atom stereocenters. The molecule has 0 radical (unpaired) electrons. The van der Waals surface area contributed by atoms with E-state index in [4.69, 9.17) is 16.3 Å². The van der Waals surface area contributed by atoms with Gasteiger partial charge in [-0.05, 0) is 49.8 Å². The second kappa shape index (κ2) is 7.13.